The minimum Gasteiger partial charge on any atom is -0.485 e. The fourth-order valence-electron chi connectivity index (χ4n) is 5.87. The molecule has 7 rings (SSSR count). The molecule has 2 aromatic heterocycles. The predicted octanol–water partition coefficient (Wildman–Crippen LogP) is 3.07. The normalized spacial score (nSPS) is 22.8. The van der Waals surface area contributed by atoms with Gasteiger partial charge < -0.3 is 24.9 Å². The molecule has 4 aliphatic rings. The molecule has 1 amide bonds. The molecule has 0 spiro atoms. The van der Waals surface area contributed by atoms with E-state index < -0.39 is 6.10 Å². The van der Waals surface area contributed by atoms with Gasteiger partial charge in [-0.15, -0.1) is 0 Å². The number of hydrogen-bond donors (Lipinski definition) is 3. The standard InChI is InChI=1S/C28H33N5O4/c1-18-24-5-7-33(14-21(24)2-3-25(18)36-16-23-13-29-17-37-23)15-22(34)12-31-27(35)20-4-6-30-26(8-20)32-28-9-19(10-28)11-28/h2-4,6,8,13,17,19,22,34H,5,7,9-12,14-16H2,1H3,(H,30,32)(H,31,35)/t19?,22-,28?/m0/s1. The monoisotopic (exact) mass is 503 g/mol. The lowest BCUT2D eigenvalue weighted by Gasteiger charge is -2.62. The predicted molar refractivity (Wildman–Crippen MR) is 137 cm³/mol. The minimum absolute atomic E-state index is 0.195. The summed E-state index contributed by atoms with van der Waals surface area (Å²) in [5.41, 5.74) is 4.45. The Morgan fingerprint density at radius 1 is 1.32 bits per heavy atom. The molecule has 9 nitrogen and oxygen atoms in total. The summed E-state index contributed by atoms with van der Waals surface area (Å²) in [7, 11) is 0. The number of rotatable bonds is 10. The topological polar surface area (TPSA) is 113 Å². The summed E-state index contributed by atoms with van der Waals surface area (Å²) in [4.78, 5) is 23.2. The lowest BCUT2D eigenvalue weighted by Crippen LogP contribution is -2.63. The van der Waals surface area contributed by atoms with E-state index in [2.05, 4.69) is 38.5 Å². The quantitative estimate of drug-likeness (QED) is 0.387. The van der Waals surface area contributed by atoms with Gasteiger partial charge in [0.25, 0.3) is 5.91 Å². The second-order valence-electron chi connectivity index (χ2n) is 10.7. The van der Waals surface area contributed by atoms with Gasteiger partial charge in [0.05, 0.1) is 12.3 Å². The summed E-state index contributed by atoms with van der Waals surface area (Å²) >= 11 is 0. The van der Waals surface area contributed by atoms with E-state index >= 15 is 0 Å². The van der Waals surface area contributed by atoms with Crippen LogP contribution in [0.1, 0.15) is 52.1 Å². The molecular formula is C28H33N5O4. The second kappa shape index (κ2) is 9.79. The van der Waals surface area contributed by atoms with E-state index in [9.17, 15) is 9.90 Å². The number of amides is 1. The third-order valence-corrected chi connectivity index (χ3v) is 7.99. The maximum Gasteiger partial charge on any atom is 0.251 e. The largest absolute Gasteiger partial charge is 0.485 e. The number of carbonyl (C=O) groups is 1. The van der Waals surface area contributed by atoms with Crippen LogP contribution < -0.4 is 15.4 Å². The van der Waals surface area contributed by atoms with Crippen molar-refractivity contribution in [2.45, 2.75) is 57.4 Å². The molecule has 1 atom stereocenters. The van der Waals surface area contributed by atoms with Gasteiger partial charge >= 0.3 is 0 Å². The third kappa shape index (κ3) is 5.06. The summed E-state index contributed by atoms with van der Waals surface area (Å²) < 4.78 is 11.2. The van der Waals surface area contributed by atoms with Gasteiger partial charge in [-0.25, -0.2) is 9.97 Å². The number of fused-ring (bicyclic) bond motifs is 1. The average Bonchev–Trinajstić information content (AvgIpc) is 3.37. The molecule has 1 aliphatic heterocycles. The summed E-state index contributed by atoms with van der Waals surface area (Å²) in [5.74, 6) is 2.97. The molecule has 1 aromatic carbocycles. The number of aliphatic hydroxyl groups is 1. The van der Waals surface area contributed by atoms with Crippen LogP contribution in [0.2, 0.25) is 0 Å². The second-order valence-corrected chi connectivity index (χ2v) is 10.7. The van der Waals surface area contributed by atoms with Crippen molar-refractivity contribution in [2.75, 3.05) is 25.0 Å². The number of β-amino-alcohol motifs (C(OH)–C–C–N with tert-alkyl or cyclic N) is 1. The highest BCUT2D eigenvalue weighted by Crippen LogP contribution is 2.58. The number of hydrogen-bond acceptors (Lipinski definition) is 8. The van der Waals surface area contributed by atoms with Crippen molar-refractivity contribution in [3.63, 3.8) is 0 Å². The minimum atomic E-state index is -0.656. The molecule has 0 saturated heterocycles. The lowest BCUT2D eigenvalue weighted by molar-refractivity contribution is 0.00180. The van der Waals surface area contributed by atoms with Crippen molar-refractivity contribution in [2.24, 2.45) is 5.92 Å². The molecule has 0 unspecified atom stereocenters. The number of carbonyl (C=O) groups excluding carboxylic acids is 1. The Morgan fingerprint density at radius 3 is 2.95 bits per heavy atom. The van der Waals surface area contributed by atoms with Crippen molar-refractivity contribution in [3.8, 4) is 5.75 Å². The van der Waals surface area contributed by atoms with Crippen LogP contribution in [-0.2, 0) is 19.6 Å². The number of aliphatic hydroxyl groups excluding tert-OH is 1. The van der Waals surface area contributed by atoms with Gasteiger partial charge in [0, 0.05) is 43.5 Å². The van der Waals surface area contributed by atoms with Gasteiger partial charge in [0.2, 0.25) is 0 Å². The first-order valence-electron chi connectivity index (χ1n) is 13.0. The molecule has 3 heterocycles. The van der Waals surface area contributed by atoms with Crippen LogP contribution in [0.3, 0.4) is 0 Å². The molecular weight excluding hydrogens is 470 g/mol. The van der Waals surface area contributed by atoms with E-state index in [1.807, 2.05) is 6.07 Å². The summed E-state index contributed by atoms with van der Waals surface area (Å²) in [6.07, 6.45) is 8.56. The average molecular weight is 504 g/mol. The van der Waals surface area contributed by atoms with Crippen molar-refractivity contribution in [1.29, 1.82) is 0 Å². The van der Waals surface area contributed by atoms with Gasteiger partial charge in [-0.3, -0.25) is 9.69 Å². The fraction of sp³-hybridized carbons (Fsp3) is 0.464. The molecule has 3 saturated carbocycles. The first-order valence-corrected chi connectivity index (χ1v) is 13.0. The van der Waals surface area contributed by atoms with E-state index in [1.165, 1.54) is 36.8 Å². The van der Waals surface area contributed by atoms with Crippen LogP contribution in [0.25, 0.3) is 0 Å². The van der Waals surface area contributed by atoms with Crippen molar-refractivity contribution in [3.05, 3.63) is 71.1 Å². The van der Waals surface area contributed by atoms with E-state index in [-0.39, 0.29) is 18.0 Å². The number of anilines is 1. The number of nitrogens with zero attached hydrogens (tertiary/aromatic N) is 3. The first-order chi connectivity index (χ1) is 18.0. The number of benzene rings is 1. The molecule has 3 aliphatic carbocycles. The zero-order valence-electron chi connectivity index (χ0n) is 21.1. The number of pyridine rings is 1. The Hall–Kier alpha value is -3.43. The van der Waals surface area contributed by atoms with Crippen molar-refractivity contribution in [1.82, 2.24) is 20.2 Å². The van der Waals surface area contributed by atoms with Crippen LogP contribution >= 0.6 is 0 Å². The molecule has 37 heavy (non-hydrogen) atoms. The van der Waals surface area contributed by atoms with Gasteiger partial charge in [-0.05, 0) is 73.4 Å². The van der Waals surface area contributed by atoms with E-state index in [4.69, 9.17) is 9.15 Å². The molecule has 9 heteroatoms. The highest BCUT2D eigenvalue weighted by atomic mass is 16.5. The molecule has 2 bridgehead atoms. The van der Waals surface area contributed by atoms with Crippen molar-refractivity contribution < 1.29 is 19.1 Å². The third-order valence-electron chi connectivity index (χ3n) is 7.99. The fourth-order valence-corrected chi connectivity index (χ4v) is 5.87. The Kier molecular flexibility index (Phi) is 6.34. The summed E-state index contributed by atoms with van der Waals surface area (Å²) in [6, 6.07) is 7.61. The Bertz CT molecular complexity index is 1260. The number of oxazole rings is 1. The molecule has 3 fully saturated rings. The molecule has 0 radical (unpaired) electrons. The first kappa shape index (κ1) is 23.9. The number of aromatic nitrogens is 2. The number of ether oxygens (including phenoxy) is 1. The van der Waals surface area contributed by atoms with Crippen molar-refractivity contribution >= 4 is 11.7 Å². The Balaban J connectivity index is 0.984. The van der Waals surface area contributed by atoms with E-state index in [0.717, 1.165) is 42.6 Å². The smallest absolute Gasteiger partial charge is 0.251 e. The molecule has 3 N–H and O–H groups in total. The van der Waals surface area contributed by atoms with Crippen LogP contribution in [0, 0.1) is 12.8 Å². The summed E-state index contributed by atoms with van der Waals surface area (Å²) in [6.45, 7) is 4.73. The van der Waals surface area contributed by atoms with Gasteiger partial charge in [-0.2, -0.15) is 0 Å². The lowest BCUT2D eigenvalue weighted by atomic mass is 9.50. The van der Waals surface area contributed by atoms with Crippen LogP contribution in [-0.4, -0.2) is 57.2 Å². The van der Waals surface area contributed by atoms with E-state index in [1.54, 1.807) is 24.5 Å². The zero-order chi connectivity index (χ0) is 25.4. The highest BCUT2D eigenvalue weighted by Gasteiger charge is 2.56. The summed E-state index contributed by atoms with van der Waals surface area (Å²) in [5, 5.41) is 17.0. The molecule has 3 aromatic rings. The van der Waals surface area contributed by atoms with E-state index in [0.29, 0.717) is 24.5 Å². The van der Waals surface area contributed by atoms with Gasteiger partial charge in [-0.1, -0.05) is 6.07 Å². The zero-order valence-corrected chi connectivity index (χ0v) is 21.1. The van der Waals surface area contributed by atoms with Gasteiger partial charge in [0.1, 0.15) is 18.2 Å². The maximum atomic E-state index is 12.7. The maximum absolute atomic E-state index is 12.7. The van der Waals surface area contributed by atoms with Crippen LogP contribution in [0.5, 0.6) is 5.75 Å². The number of nitrogens with one attached hydrogen (secondary N) is 2. The van der Waals surface area contributed by atoms with Gasteiger partial charge in [0.15, 0.2) is 12.2 Å². The molecule has 194 valence electrons. The van der Waals surface area contributed by atoms with Crippen LogP contribution in [0.15, 0.2) is 47.5 Å². The van der Waals surface area contributed by atoms with Crippen LogP contribution in [0.4, 0.5) is 5.82 Å². The SMILES string of the molecule is Cc1c(OCc2cnco2)ccc2c1CCN(C[C@@H](O)CNC(=O)c1ccnc(NC34CC(C3)C4)c1)C2. The highest BCUT2D eigenvalue weighted by molar-refractivity contribution is 5.94. The Labute approximate surface area is 216 Å². The Morgan fingerprint density at radius 2 is 2.19 bits per heavy atom.